The van der Waals surface area contributed by atoms with Crippen LogP contribution in [0, 0.1) is 10.1 Å². The molecule has 3 rings (SSSR count). The smallest absolute Gasteiger partial charge is 0.271 e. The van der Waals surface area contributed by atoms with Crippen molar-refractivity contribution in [3.63, 3.8) is 0 Å². The van der Waals surface area contributed by atoms with Gasteiger partial charge in [0.25, 0.3) is 5.69 Å². The number of hydrogen-bond acceptors (Lipinski definition) is 5. The van der Waals surface area contributed by atoms with Crippen LogP contribution in [0.1, 0.15) is 11.1 Å². The summed E-state index contributed by atoms with van der Waals surface area (Å²) in [4.78, 5) is 10.0. The van der Waals surface area contributed by atoms with E-state index in [1.165, 1.54) is 17.7 Å². The van der Waals surface area contributed by atoms with E-state index in [-0.39, 0.29) is 16.3 Å². The second kappa shape index (κ2) is 7.59. The molecular formula is C20H17NO5S. The van der Waals surface area contributed by atoms with Crippen LogP contribution in [0.4, 0.5) is 5.69 Å². The standard InChI is InChI=1S/C20H17NO5S/c1-27(24,25)20-14-17(21(22)23)9-12-19(20)26-18-10-7-16(8-11-18)13-15-5-3-2-4-6-15/h2-12,14H,13H2,1H3. The summed E-state index contributed by atoms with van der Waals surface area (Å²) in [6.07, 6.45) is 1.76. The van der Waals surface area contributed by atoms with Gasteiger partial charge in [-0.25, -0.2) is 8.42 Å². The summed E-state index contributed by atoms with van der Waals surface area (Å²) in [6, 6.07) is 20.8. The molecular weight excluding hydrogens is 366 g/mol. The number of rotatable bonds is 6. The Labute approximate surface area is 157 Å². The fraction of sp³-hybridized carbons (Fsp3) is 0.100. The van der Waals surface area contributed by atoms with E-state index in [0.717, 1.165) is 24.3 Å². The lowest BCUT2D eigenvalue weighted by Crippen LogP contribution is -2.02. The molecule has 3 aromatic carbocycles. The number of nitrogens with zero attached hydrogens (tertiary/aromatic N) is 1. The van der Waals surface area contributed by atoms with E-state index in [4.69, 9.17) is 4.74 Å². The third-order valence-electron chi connectivity index (χ3n) is 3.94. The molecule has 0 bridgehead atoms. The quantitative estimate of drug-likeness (QED) is 0.466. The minimum absolute atomic E-state index is 0.0545. The van der Waals surface area contributed by atoms with Gasteiger partial charge in [0, 0.05) is 18.4 Å². The zero-order valence-electron chi connectivity index (χ0n) is 14.5. The Balaban J connectivity index is 1.84. The Bertz CT molecular complexity index is 1060. The molecule has 0 aliphatic heterocycles. The van der Waals surface area contributed by atoms with Crippen LogP contribution in [0.2, 0.25) is 0 Å². The summed E-state index contributed by atoms with van der Waals surface area (Å²) in [6.45, 7) is 0. The molecule has 0 unspecified atom stereocenters. The molecule has 0 amide bonds. The largest absolute Gasteiger partial charge is 0.456 e. The summed E-state index contributed by atoms with van der Waals surface area (Å²) in [5.41, 5.74) is 1.96. The van der Waals surface area contributed by atoms with Crippen molar-refractivity contribution >= 4 is 15.5 Å². The highest BCUT2D eigenvalue weighted by atomic mass is 32.2. The topological polar surface area (TPSA) is 86.5 Å². The minimum atomic E-state index is -3.69. The van der Waals surface area contributed by atoms with Crippen LogP contribution in [0.15, 0.2) is 77.7 Å². The van der Waals surface area contributed by atoms with E-state index in [0.29, 0.717) is 5.75 Å². The first-order valence-electron chi connectivity index (χ1n) is 8.12. The van der Waals surface area contributed by atoms with Gasteiger partial charge in [0.2, 0.25) is 0 Å². The maximum absolute atomic E-state index is 12.0. The van der Waals surface area contributed by atoms with Gasteiger partial charge in [0.15, 0.2) is 9.84 Å². The van der Waals surface area contributed by atoms with Crippen molar-refractivity contribution in [2.24, 2.45) is 0 Å². The van der Waals surface area contributed by atoms with Crippen LogP contribution in [-0.2, 0) is 16.3 Å². The molecule has 138 valence electrons. The predicted octanol–water partition coefficient (Wildman–Crippen LogP) is 4.38. The third kappa shape index (κ3) is 4.71. The summed E-state index contributed by atoms with van der Waals surface area (Å²) < 4.78 is 29.6. The zero-order valence-corrected chi connectivity index (χ0v) is 15.3. The van der Waals surface area contributed by atoms with Gasteiger partial charge >= 0.3 is 0 Å². The fourth-order valence-corrected chi connectivity index (χ4v) is 3.43. The van der Waals surface area contributed by atoms with Crippen molar-refractivity contribution in [2.75, 3.05) is 6.26 Å². The van der Waals surface area contributed by atoms with E-state index in [9.17, 15) is 18.5 Å². The molecule has 0 spiro atoms. The summed E-state index contributed by atoms with van der Waals surface area (Å²) in [5.74, 6) is 0.504. The molecule has 0 fully saturated rings. The number of nitro groups is 1. The lowest BCUT2D eigenvalue weighted by molar-refractivity contribution is -0.385. The lowest BCUT2D eigenvalue weighted by atomic mass is 10.1. The fourth-order valence-electron chi connectivity index (χ4n) is 2.62. The Morgan fingerprint density at radius 2 is 1.56 bits per heavy atom. The van der Waals surface area contributed by atoms with Gasteiger partial charge in [-0.3, -0.25) is 10.1 Å². The van der Waals surface area contributed by atoms with E-state index < -0.39 is 14.8 Å². The normalized spacial score (nSPS) is 11.1. The van der Waals surface area contributed by atoms with Crippen LogP contribution < -0.4 is 4.74 Å². The monoisotopic (exact) mass is 383 g/mol. The molecule has 0 aliphatic carbocycles. The number of benzene rings is 3. The molecule has 0 heterocycles. The van der Waals surface area contributed by atoms with Crippen molar-refractivity contribution in [1.29, 1.82) is 0 Å². The maximum atomic E-state index is 12.0. The van der Waals surface area contributed by atoms with Crippen molar-refractivity contribution in [3.8, 4) is 11.5 Å². The number of ether oxygens (including phenoxy) is 1. The Morgan fingerprint density at radius 1 is 0.926 bits per heavy atom. The molecule has 0 aromatic heterocycles. The molecule has 7 heteroatoms. The van der Waals surface area contributed by atoms with E-state index in [2.05, 4.69) is 0 Å². The van der Waals surface area contributed by atoms with Gasteiger partial charge in [0.1, 0.15) is 16.4 Å². The molecule has 0 aliphatic rings. The van der Waals surface area contributed by atoms with Crippen molar-refractivity contribution in [3.05, 3.63) is 94.0 Å². The number of sulfone groups is 1. The first-order chi connectivity index (χ1) is 12.8. The SMILES string of the molecule is CS(=O)(=O)c1cc([N+](=O)[O-])ccc1Oc1ccc(Cc2ccccc2)cc1. The van der Waals surface area contributed by atoms with Gasteiger partial charge in [-0.2, -0.15) is 0 Å². The molecule has 0 radical (unpaired) electrons. The number of nitro benzene ring substituents is 1. The summed E-state index contributed by atoms with van der Waals surface area (Å²) >= 11 is 0. The maximum Gasteiger partial charge on any atom is 0.271 e. The highest BCUT2D eigenvalue weighted by Crippen LogP contribution is 2.32. The average Bonchev–Trinajstić information content (AvgIpc) is 2.63. The lowest BCUT2D eigenvalue weighted by Gasteiger charge is -2.10. The number of hydrogen-bond donors (Lipinski definition) is 0. The Kier molecular flexibility index (Phi) is 5.23. The molecule has 0 atom stereocenters. The van der Waals surface area contributed by atoms with Crippen molar-refractivity contribution in [1.82, 2.24) is 0 Å². The minimum Gasteiger partial charge on any atom is -0.456 e. The van der Waals surface area contributed by atoms with E-state index >= 15 is 0 Å². The van der Waals surface area contributed by atoms with Crippen LogP contribution >= 0.6 is 0 Å². The van der Waals surface area contributed by atoms with Crippen LogP contribution in [0.5, 0.6) is 11.5 Å². The summed E-state index contributed by atoms with van der Waals surface area (Å²) in [7, 11) is -3.69. The highest BCUT2D eigenvalue weighted by Gasteiger charge is 2.20. The molecule has 0 saturated heterocycles. The highest BCUT2D eigenvalue weighted by molar-refractivity contribution is 7.90. The van der Waals surface area contributed by atoms with Crippen molar-refractivity contribution < 1.29 is 18.1 Å². The van der Waals surface area contributed by atoms with Crippen LogP contribution in [0.25, 0.3) is 0 Å². The Hall–Kier alpha value is -3.19. The second-order valence-electron chi connectivity index (χ2n) is 6.07. The summed E-state index contributed by atoms with van der Waals surface area (Å²) in [5, 5.41) is 10.9. The first kappa shape index (κ1) is 18.6. The van der Waals surface area contributed by atoms with E-state index in [1.54, 1.807) is 12.1 Å². The average molecular weight is 383 g/mol. The molecule has 0 saturated carbocycles. The van der Waals surface area contributed by atoms with Gasteiger partial charge in [-0.15, -0.1) is 0 Å². The zero-order chi connectivity index (χ0) is 19.4. The number of non-ortho nitro benzene ring substituents is 1. The van der Waals surface area contributed by atoms with E-state index in [1.807, 2.05) is 42.5 Å². The van der Waals surface area contributed by atoms with Crippen molar-refractivity contribution in [2.45, 2.75) is 11.3 Å². The third-order valence-corrected chi connectivity index (χ3v) is 5.06. The van der Waals surface area contributed by atoms with Crippen LogP contribution in [0.3, 0.4) is 0 Å². The molecule has 0 N–H and O–H groups in total. The van der Waals surface area contributed by atoms with Crippen LogP contribution in [-0.4, -0.2) is 19.6 Å². The predicted molar refractivity (Wildman–Crippen MR) is 102 cm³/mol. The molecule has 27 heavy (non-hydrogen) atoms. The van der Waals surface area contributed by atoms with Gasteiger partial charge in [-0.05, 0) is 35.7 Å². The Morgan fingerprint density at radius 3 is 2.15 bits per heavy atom. The molecule has 3 aromatic rings. The first-order valence-corrected chi connectivity index (χ1v) is 10.0. The van der Waals surface area contributed by atoms with Gasteiger partial charge < -0.3 is 4.74 Å². The van der Waals surface area contributed by atoms with Gasteiger partial charge in [0.05, 0.1) is 4.92 Å². The second-order valence-corrected chi connectivity index (χ2v) is 8.05. The molecule has 6 nitrogen and oxygen atoms in total. The van der Waals surface area contributed by atoms with Gasteiger partial charge in [-0.1, -0.05) is 42.5 Å².